The van der Waals surface area contributed by atoms with Gasteiger partial charge >= 0.3 is 0 Å². The van der Waals surface area contributed by atoms with Crippen LogP contribution in [0.5, 0.6) is 0 Å². The molecule has 0 saturated heterocycles. The van der Waals surface area contributed by atoms with E-state index in [4.69, 9.17) is 24.4 Å². The third-order valence-corrected chi connectivity index (χ3v) is 24.7. The molecule has 0 unspecified atom stereocenters. The second-order valence-corrected chi connectivity index (χ2v) is 30.1. The van der Waals surface area contributed by atoms with Gasteiger partial charge in [0, 0.05) is 104 Å². The Balaban J connectivity index is 0.000000133. The Labute approximate surface area is 600 Å². The van der Waals surface area contributed by atoms with Crippen LogP contribution in [0, 0.1) is 0 Å². The molecule has 0 aliphatic heterocycles. The molecule has 22 aromatic rings. The molecule has 476 valence electrons. The van der Waals surface area contributed by atoms with Gasteiger partial charge in [-0.3, -0.25) is 0 Å². The van der Waals surface area contributed by atoms with Crippen molar-refractivity contribution in [2.24, 2.45) is 0 Å². The standard InChI is InChI=1S/C46H27N3S2.C46H26N2OS2/c1-4-19-40-34(14-1)35-15-2-5-20-41(35)49(40)32-13-8-10-28(25-32)29-22-23-38-43(26-29)51-46-44(38)48-39(27-47-46)31-12-7-11-30(24-31)33-17-9-18-37-36-16-3-6-21-42(36)50-45(33)37;1-3-22-40-34(14-1)36-19-7-16-31(43(36)49-40)27-10-5-11-28(24-27)33-18-9-21-38-42-46(51-45(33)38)47-26-39(48-42)30-13-6-12-29(25-30)32-17-8-20-37-35-15-2-4-23-41(35)50-44(32)37/h1-27H;1-26H. The van der Waals surface area contributed by atoms with Gasteiger partial charge in [0.2, 0.25) is 0 Å². The minimum Gasteiger partial charge on any atom is -0.455 e. The number of thiophene rings is 4. The first kappa shape index (κ1) is 58.7. The molecule has 0 spiro atoms. The first-order chi connectivity index (χ1) is 50.5. The third kappa shape index (κ3) is 9.63. The lowest BCUT2D eigenvalue weighted by atomic mass is 9.97. The summed E-state index contributed by atoms with van der Waals surface area (Å²) in [6, 6.07) is 111. The highest BCUT2D eigenvalue weighted by atomic mass is 32.1. The van der Waals surface area contributed by atoms with Crippen molar-refractivity contribution in [3.8, 4) is 83.8 Å². The summed E-state index contributed by atoms with van der Waals surface area (Å²) in [6.07, 6.45) is 3.85. The van der Waals surface area contributed by atoms with Gasteiger partial charge in [-0.25, -0.2) is 19.9 Å². The largest absolute Gasteiger partial charge is 0.455 e. The Morgan fingerprint density at radius 3 is 1.31 bits per heavy atom. The van der Waals surface area contributed by atoms with Gasteiger partial charge < -0.3 is 8.98 Å². The zero-order valence-corrected chi connectivity index (χ0v) is 57.6. The fourth-order valence-electron chi connectivity index (χ4n) is 15.3. The third-order valence-electron chi connectivity index (χ3n) is 20.0. The monoisotopic (exact) mass is 1370 g/mol. The summed E-state index contributed by atoms with van der Waals surface area (Å²) in [5, 5.41) is 12.3. The number of rotatable bonds is 8. The summed E-state index contributed by atoms with van der Waals surface area (Å²) in [6.45, 7) is 0. The number of hydrogen-bond donors (Lipinski definition) is 0. The SMILES string of the molecule is c1cc(-c2cnc3sc4c(-c5cccc(-c6cccc7c6oc6ccccc67)c5)cccc4c3n2)cc(-c2cccc3c2sc2ccccc23)c1.c1cc(-c2cnc3sc4cc(-c5cccc(-n6c7ccccc7c7ccccc76)c5)ccc4c3n2)cc(-c2cccc3c2sc2ccccc23)c1. The normalized spacial score (nSPS) is 11.9. The quantitative estimate of drug-likeness (QED) is 0.152. The van der Waals surface area contributed by atoms with E-state index >= 15 is 0 Å². The highest BCUT2D eigenvalue weighted by molar-refractivity contribution is 7.27. The van der Waals surface area contributed by atoms with E-state index in [9.17, 15) is 0 Å². The second-order valence-electron chi connectivity index (χ2n) is 25.9. The van der Waals surface area contributed by atoms with Crippen molar-refractivity contribution in [2.75, 3.05) is 0 Å². The van der Waals surface area contributed by atoms with Crippen molar-refractivity contribution < 1.29 is 4.42 Å². The molecular formula is C92H53N5OS4. The predicted molar refractivity (Wildman–Crippen MR) is 435 cm³/mol. The van der Waals surface area contributed by atoms with Crippen LogP contribution in [0.1, 0.15) is 0 Å². The molecule has 0 amide bonds. The molecule has 102 heavy (non-hydrogen) atoms. The fraction of sp³-hybridized carbons (Fsp3) is 0. The van der Waals surface area contributed by atoms with Crippen LogP contribution in [0.4, 0.5) is 0 Å². The van der Waals surface area contributed by atoms with E-state index in [-0.39, 0.29) is 0 Å². The Morgan fingerprint density at radius 2 is 0.696 bits per heavy atom. The van der Waals surface area contributed by atoms with Crippen LogP contribution < -0.4 is 0 Å². The average molecular weight is 1370 g/mol. The van der Waals surface area contributed by atoms with Crippen molar-refractivity contribution in [1.29, 1.82) is 0 Å². The van der Waals surface area contributed by atoms with Gasteiger partial charge in [0.1, 0.15) is 31.9 Å². The molecule has 10 heteroatoms. The molecule has 0 atom stereocenters. The van der Waals surface area contributed by atoms with Crippen LogP contribution in [-0.4, -0.2) is 24.5 Å². The van der Waals surface area contributed by atoms with E-state index < -0.39 is 0 Å². The summed E-state index contributed by atoms with van der Waals surface area (Å²) in [5.41, 5.74) is 23.0. The van der Waals surface area contributed by atoms with Crippen LogP contribution in [0.25, 0.3) is 209 Å². The van der Waals surface area contributed by atoms with Crippen LogP contribution in [0.3, 0.4) is 0 Å². The Kier molecular flexibility index (Phi) is 13.6. The smallest absolute Gasteiger partial charge is 0.143 e. The van der Waals surface area contributed by atoms with Crippen molar-refractivity contribution in [2.45, 2.75) is 0 Å². The zero-order chi connectivity index (χ0) is 66.9. The van der Waals surface area contributed by atoms with Crippen molar-refractivity contribution in [3.05, 3.63) is 322 Å². The van der Waals surface area contributed by atoms with Gasteiger partial charge in [-0.1, -0.05) is 243 Å². The van der Waals surface area contributed by atoms with Gasteiger partial charge in [0.25, 0.3) is 0 Å². The lowest BCUT2D eigenvalue weighted by molar-refractivity contribution is 0.670. The molecule has 0 radical (unpaired) electrons. The molecular weight excluding hydrogens is 1320 g/mol. The molecule has 0 saturated carbocycles. The van der Waals surface area contributed by atoms with E-state index in [0.29, 0.717) is 0 Å². The molecule has 14 aromatic carbocycles. The molecule has 8 aromatic heterocycles. The van der Waals surface area contributed by atoms with E-state index in [1.54, 1.807) is 22.7 Å². The van der Waals surface area contributed by atoms with Gasteiger partial charge in [0.15, 0.2) is 0 Å². The van der Waals surface area contributed by atoms with Gasteiger partial charge in [-0.15, -0.1) is 45.3 Å². The average Bonchev–Trinajstić information content (AvgIpc) is 1.64. The van der Waals surface area contributed by atoms with E-state index in [1.807, 2.05) is 47.2 Å². The molecule has 0 fully saturated rings. The summed E-state index contributed by atoms with van der Waals surface area (Å²) in [5.74, 6) is 0. The summed E-state index contributed by atoms with van der Waals surface area (Å²) < 4.78 is 16.4. The maximum absolute atomic E-state index is 6.39. The van der Waals surface area contributed by atoms with E-state index in [1.165, 1.54) is 110 Å². The van der Waals surface area contributed by atoms with E-state index in [0.717, 1.165) is 98.3 Å². The number of furan rings is 1. The first-order valence-electron chi connectivity index (χ1n) is 34.0. The fourth-order valence-corrected chi connectivity index (χ4v) is 19.9. The van der Waals surface area contributed by atoms with Crippen molar-refractivity contribution in [3.63, 3.8) is 0 Å². The van der Waals surface area contributed by atoms with E-state index in [2.05, 4.69) is 302 Å². The summed E-state index contributed by atoms with van der Waals surface area (Å²) >= 11 is 7.13. The Bertz CT molecular complexity index is 7130. The predicted octanol–water partition coefficient (Wildman–Crippen LogP) is 27.1. The van der Waals surface area contributed by atoms with Gasteiger partial charge in [-0.05, 0) is 117 Å². The van der Waals surface area contributed by atoms with Gasteiger partial charge in [0.05, 0.1) is 34.8 Å². The van der Waals surface area contributed by atoms with Gasteiger partial charge in [-0.2, -0.15) is 0 Å². The molecule has 0 aliphatic carbocycles. The van der Waals surface area contributed by atoms with Crippen molar-refractivity contribution in [1.82, 2.24) is 24.5 Å². The molecule has 8 heterocycles. The Hall–Kier alpha value is -12.3. The highest BCUT2D eigenvalue weighted by Crippen LogP contribution is 2.46. The second kappa shape index (κ2) is 23.7. The maximum Gasteiger partial charge on any atom is 0.143 e. The number of benzene rings is 14. The topological polar surface area (TPSA) is 69.6 Å². The number of aromatic nitrogens is 5. The summed E-state index contributed by atoms with van der Waals surface area (Å²) in [4.78, 5) is 22.3. The van der Waals surface area contributed by atoms with Crippen molar-refractivity contribution >= 4 is 170 Å². The van der Waals surface area contributed by atoms with Crippen LogP contribution in [-0.2, 0) is 0 Å². The van der Waals surface area contributed by atoms with Crippen LogP contribution in [0.15, 0.2) is 326 Å². The lowest BCUT2D eigenvalue weighted by Gasteiger charge is -2.10. The zero-order valence-electron chi connectivity index (χ0n) is 54.4. The highest BCUT2D eigenvalue weighted by Gasteiger charge is 2.21. The number of hydrogen-bond acceptors (Lipinski definition) is 9. The van der Waals surface area contributed by atoms with Crippen LogP contribution >= 0.6 is 45.3 Å². The minimum atomic E-state index is 0.874. The minimum absolute atomic E-state index is 0.874. The number of para-hydroxylation sites is 4. The number of fused-ring (bicyclic) bond motifs is 18. The lowest BCUT2D eigenvalue weighted by Crippen LogP contribution is -1.94. The van der Waals surface area contributed by atoms with Crippen LogP contribution in [0.2, 0.25) is 0 Å². The maximum atomic E-state index is 6.39. The summed E-state index contributed by atoms with van der Waals surface area (Å²) in [7, 11) is 0. The molecule has 0 N–H and O–H groups in total. The molecule has 22 rings (SSSR count). The molecule has 0 bridgehead atoms. The molecule has 0 aliphatic rings. The molecule has 6 nitrogen and oxygen atoms in total. The first-order valence-corrected chi connectivity index (χ1v) is 37.3. The Morgan fingerprint density at radius 1 is 0.265 bits per heavy atom. The number of nitrogens with zero attached hydrogens (tertiary/aromatic N) is 5.